The van der Waals surface area contributed by atoms with E-state index in [1.807, 2.05) is 24.3 Å². The van der Waals surface area contributed by atoms with E-state index in [9.17, 15) is 14.8 Å². The van der Waals surface area contributed by atoms with Crippen molar-refractivity contribution in [3.8, 4) is 0 Å². The molecule has 24 heavy (non-hydrogen) atoms. The molecule has 0 saturated carbocycles. The predicted molar refractivity (Wildman–Crippen MR) is 93.6 cm³/mol. The summed E-state index contributed by atoms with van der Waals surface area (Å²) in [6.45, 7) is 0.118. The van der Waals surface area contributed by atoms with Crippen LogP contribution < -0.4 is 10.0 Å². The molecule has 0 radical (unpaired) electrons. The van der Waals surface area contributed by atoms with Crippen LogP contribution in [0, 0.1) is 5.21 Å². The summed E-state index contributed by atoms with van der Waals surface area (Å²) in [6.07, 6.45) is 2.38. The fourth-order valence-corrected chi connectivity index (χ4v) is 2.74. The van der Waals surface area contributed by atoms with Crippen molar-refractivity contribution in [2.75, 3.05) is 18.9 Å². The highest BCUT2D eigenvalue weighted by Gasteiger charge is 2.10. The zero-order valence-electron chi connectivity index (χ0n) is 12.6. The van der Waals surface area contributed by atoms with E-state index in [2.05, 4.69) is 21.2 Å². The number of rotatable bonds is 7. The zero-order valence-corrected chi connectivity index (χ0v) is 15.0. The Labute approximate surface area is 151 Å². The molecule has 0 bridgehead atoms. The number of ether oxygens (including phenoxy) is 1. The van der Waals surface area contributed by atoms with Crippen LogP contribution >= 0.6 is 27.7 Å². The molecule has 0 aliphatic carbocycles. The average molecular weight is 411 g/mol. The Bertz CT molecular complexity index is 692. The van der Waals surface area contributed by atoms with E-state index in [1.165, 1.54) is 24.5 Å². The van der Waals surface area contributed by atoms with Gasteiger partial charge in [-0.15, -0.1) is 11.8 Å². The Morgan fingerprint density at radius 1 is 1.17 bits per heavy atom. The quantitative estimate of drug-likeness (QED) is 0.248. The number of hydrogen-bond donors (Lipinski definition) is 1. The number of nitrogens with zero attached hydrogens (tertiary/aromatic N) is 1. The summed E-state index contributed by atoms with van der Waals surface area (Å²) < 4.78 is 6.46. The first-order valence-electron chi connectivity index (χ1n) is 7.05. The molecule has 1 aromatic carbocycles. The van der Waals surface area contributed by atoms with Gasteiger partial charge in [-0.25, -0.2) is 4.79 Å². The van der Waals surface area contributed by atoms with Crippen LogP contribution in [0.4, 0.5) is 0 Å². The van der Waals surface area contributed by atoms with E-state index in [0.29, 0.717) is 17.0 Å². The standard InChI is InChI=1S/C16H15BrN2O4S/c17-13-1-3-14(4-2-13)24-10-7-18-15(20)11-23-16(21)12-5-8-19(22)9-6-12/h1-6,8-9H,7,10-11H2,(H,18,20). The first kappa shape index (κ1) is 18.3. The second-order valence-electron chi connectivity index (χ2n) is 4.68. The van der Waals surface area contributed by atoms with Crippen LogP contribution in [-0.2, 0) is 9.53 Å². The van der Waals surface area contributed by atoms with Crippen LogP contribution in [0.15, 0.2) is 58.2 Å². The summed E-state index contributed by atoms with van der Waals surface area (Å²) in [5.41, 5.74) is 0.223. The van der Waals surface area contributed by atoms with E-state index in [4.69, 9.17) is 4.74 Å². The van der Waals surface area contributed by atoms with Crippen molar-refractivity contribution in [2.24, 2.45) is 0 Å². The molecule has 0 saturated heterocycles. The monoisotopic (exact) mass is 410 g/mol. The van der Waals surface area contributed by atoms with Crippen LogP contribution in [0.5, 0.6) is 0 Å². The van der Waals surface area contributed by atoms with Crippen molar-refractivity contribution >= 4 is 39.6 Å². The lowest BCUT2D eigenvalue weighted by Gasteiger charge is -2.06. The van der Waals surface area contributed by atoms with E-state index < -0.39 is 5.97 Å². The number of carbonyl (C=O) groups is 2. The van der Waals surface area contributed by atoms with E-state index >= 15 is 0 Å². The van der Waals surface area contributed by atoms with Crippen molar-refractivity contribution in [3.63, 3.8) is 0 Å². The molecule has 0 atom stereocenters. The Morgan fingerprint density at radius 3 is 2.50 bits per heavy atom. The highest BCUT2D eigenvalue weighted by atomic mass is 79.9. The van der Waals surface area contributed by atoms with Crippen molar-refractivity contribution in [2.45, 2.75) is 4.90 Å². The third kappa shape index (κ3) is 6.21. The van der Waals surface area contributed by atoms with Crippen LogP contribution in [0.1, 0.15) is 10.4 Å². The Morgan fingerprint density at radius 2 is 1.83 bits per heavy atom. The molecule has 2 aromatic rings. The Hall–Kier alpha value is -2.06. The molecule has 2 rings (SSSR count). The van der Waals surface area contributed by atoms with Gasteiger partial charge < -0.3 is 15.3 Å². The number of carbonyl (C=O) groups excluding carboxylic acids is 2. The summed E-state index contributed by atoms with van der Waals surface area (Å²) in [5.74, 6) is -0.298. The molecule has 8 heteroatoms. The van der Waals surface area contributed by atoms with Gasteiger partial charge in [0.05, 0.1) is 5.56 Å². The summed E-state index contributed by atoms with van der Waals surface area (Å²) in [7, 11) is 0. The number of benzene rings is 1. The van der Waals surface area contributed by atoms with Crippen molar-refractivity contribution in [1.29, 1.82) is 0 Å². The van der Waals surface area contributed by atoms with Crippen LogP contribution in [0.2, 0.25) is 0 Å². The molecule has 0 unspecified atom stereocenters. The van der Waals surface area contributed by atoms with Gasteiger partial charge in [-0.1, -0.05) is 15.9 Å². The summed E-state index contributed by atoms with van der Waals surface area (Å²) in [4.78, 5) is 24.4. The largest absolute Gasteiger partial charge is 0.619 e. The Balaban J connectivity index is 1.63. The molecule has 6 nitrogen and oxygen atoms in total. The molecule has 1 amide bonds. The lowest BCUT2D eigenvalue weighted by molar-refractivity contribution is -0.605. The number of nitrogens with one attached hydrogen (secondary N) is 1. The summed E-state index contributed by atoms with van der Waals surface area (Å²) in [5, 5.41) is 13.6. The third-order valence-electron chi connectivity index (χ3n) is 2.88. The minimum absolute atomic E-state index is 0.223. The van der Waals surface area contributed by atoms with Gasteiger partial charge in [0.1, 0.15) is 0 Å². The van der Waals surface area contributed by atoms with Gasteiger partial charge in [-0.2, -0.15) is 4.73 Å². The maximum Gasteiger partial charge on any atom is 0.339 e. The van der Waals surface area contributed by atoms with E-state index in [-0.39, 0.29) is 18.1 Å². The highest BCUT2D eigenvalue weighted by Crippen LogP contribution is 2.19. The molecule has 126 valence electrons. The first-order chi connectivity index (χ1) is 11.5. The predicted octanol–water partition coefficient (Wildman–Crippen LogP) is 2.15. The fraction of sp³-hybridized carbons (Fsp3) is 0.188. The molecule has 1 aromatic heterocycles. The van der Waals surface area contributed by atoms with Crippen LogP contribution in [0.3, 0.4) is 0 Å². The minimum atomic E-state index is -0.644. The number of amides is 1. The van der Waals surface area contributed by atoms with E-state index in [1.54, 1.807) is 11.8 Å². The highest BCUT2D eigenvalue weighted by molar-refractivity contribution is 9.10. The summed E-state index contributed by atoms with van der Waals surface area (Å²) >= 11 is 4.99. The number of aromatic nitrogens is 1. The molecular formula is C16H15BrN2O4S. The van der Waals surface area contributed by atoms with Crippen molar-refractivity contribution in [1.82, 2.24) is 5.32 Å². The number of esters is 1. The normalized spacial score (nSPS) is 10.2. The third-order valence-corrected chi connectivity index (χ3v) is 4.42. The van der Waals surface area contributed by atoms with Gasteiger partial charge >= 0.3 is 5.97 Å². The van der Waals surface area contributed by atoms with Gasteiger partial charge in [0.15, 0.2) is 19.0 Å². The first-order valence-corrected chi connectivity index (χ1v) is 8.83. The number of hydrogen-bond acceptors (Lipinski definition) is 5. The van der Waals surface area contributed by atoms with Crippen LogP contribution in [0.25, 0.3) is 0 Å². The van der Waals surface area contributed by atoms with Gasteiger partial charge in [0.2, 0.25) is 0 Å². The van der Waals surface area contributed by atoms with Gasteiger partial charge in [-0.3, -0.25) is 4.79 Å². The topological polar surface area (TPSA) is 82.3 Å². The summed E-state index contributed by atoms with van der Waals surface area (Å²) in [6, 6.07) is 10.6. The number of pyridine rings is 1. The zero-order chi connectivity index (χ0) is 17.4. The SMILES string of the molecule is O=C(COC(=O)c1cc[n+]([O-])cc1)NCCSc1ccc(Br)cc1. The minimum Gasteiger partial charge on any atom is -0.619 e. The molecule has 0 fully saturated rings. The van der Waals surface area contributed by atoms with Gasteiger partial charge in [-0.05, 0) is 24.3 Å². The number of thioether (sulfide) groups is 1. The van der Waals surface area contributed by atoms with Crippen molar-refractivity contribution in [3.05, 3.63) is 64.0 Å². The van der Waals surface area contributed by atoms with Gasteiger partial charge in [0, 0.05) is 33.8 Å². The molecule has 0 aliphatic heterocycles. The molecule has 0 aliphatic rings. The molecular weight excluding hydrogens is 396 g/mol. The molecule has 1 N–H and O–H groups in total. The van der Waals surface area contributed by atoms with Crippen molar-refractivity contribution < 1.29 is 19.1 Å². The lowest BCUT2D eigenvalue weighted by Crippen LogP contribution is -2.30. The van der Waals surface area contributed by atoms with Gasteiger partial charge in [0.25, 0.3) is 5.91 Å². The maximum absolute atomic E-state index is 11.7. The average Bonchev–Trinajstić information content (AvgIpc) is 2.59. The second kappa shape index (κ2) is 9.29. The number of halogens is 1. The van der Waals surface area contributed by atoms with Crippen LogP contribution in [-0.4, -0.2) is 30.8 Å². The second-order valence-corrected chi connectivity index (χ2v) is 6.76. The fourth-order valence-electron chi connectivity index (χ4n) is 1.70. The molecule has 1 heterocycles. The lowest BCUT2D eigenvalue weighted by atomic mass is 10.3. The maximum atomic E-state index is 11.7. The smallest absolute Gasteiger partial charge is 0.339 e. The molecule has 0 spiro atoms. The Kier molecular flexibility index (Phi) is 7.07. The van der Waals surface area contributed by atoms with E-state index in [0.717, 1.165) is 9.37 Å².